The largest absolute Gasteiger partial charge is 0.383 e. The molecule has 3 nitrogen and oxygen atoms in total. The number of carbonyl (C=O) groups excluding carboxylic acids is 1. The van der Waals surface area contributed by atoms with Crippen molar-refractivity contribution < 1.29 is 9.53 Å². The maximum absolute atomic E-state index is 12.5. The molecule has 2 rings (SSSR count). The van der Waals surface area contributed by atoms with Crippen LogP contribution in [-0.2, 0) is 14.9 Å². The van der Waals surface area contributed by atoms with Gasteiger partial charge in [-0.15, -0.1) is 0 Å². The highest BCUT2D eigenvalue weighted by Crippen LogP contribution is 2.44. The van der Waals surface area contributed by atoms with Crippen molar-refractivity contribution in [2.75, 3.05) is 13.7 Å². The molecular weight excluding hydrogens is 306 g/mol. The molecule has 4 heteroatoms. The third-order valence-corrected chi connectivity index (χ3v) is 4.36. The minimum atomic E-state index is -0.331. The Morgan fingerprint density at radius 2 is 2.05 bits per heavy atom. The second-order valence-corrected chi connectivity index (χ2v) is 6.19. The standard InChI is InChI=1S/C15H20BrNO2/c1-11(10-19-2)17-14(18)15(8-3-9-15)12-4-6-13(16)7-5-12/h4-7,11H,3,8-10H2,1-2H3,(H,17,18). The van der Waals surface area contributed by atoms with Crippen molar-refractivity contribution in [3.8, 4) is 0 Å². The molecular formula is C15H20BrNO2. The lowest BCUT2D eigenvalue weighted by Crippen LogP contribution is -2.52. The Labute approximate surface area is 122 Å². The predicted molar refractivity (Wildman–Crippen MR) is 79.2 cm³/mol. The number of methoxy groups -OCH3 is 1. The number of carbonyl (C=O) groups is 1. The van der Waals surface area contributed by atoms with E-state index in [4.69, 9.17) is 4.74 Å². The molecule has 0 heterocycles. The van der Waals surface area contributed by atoms with Gasteiger partial charge in [0.2, 0.25) is 5.91 Å². The van der Waals surface area contributed by atoms with Crippen LogP contribution in [0.1, 0.15) is 31.7 Å². The zero-order chi connectivity index (χ0) is 13.9. The Bertz CT molecular complexity index is 440. The highest BCUT2D eigenvalue weighted by atomic mass is 79.9. The molecule has 1 fully saturated rings. The summed E-state index contributed by atoms with van der Waals surface area (Å²) in [4.78, 5) is 12.5. The van der Waals surface area contributed by atoms with Crippen LogP contribution in [0.3, 0.4) is 0 Å². The van der Waals surface area contributed by atoms with Crippen LogP contribution in [0.25, 0.3) is 0 Å². The number of rotatable bonds is 5. The Morgan fingerprint density at radius 3 is 2.53 bits per heavy atom. The Balaban J connectivity index is 2.13. The van der Waals surface area contributed by atoms with Gasteiger partial charge in [-0.25, -0.2) is 0 Å². The number of benzene rings is 1. The number of halogens is 1. The molecule has 0 aliphatic heterocycles. The van der Waals surface area contributed by atoms with Gasteiger partial charge < -0.3 is 10.1 Å². The Kier molecular flexibility index (Phi) is 4.63. The number of hydrogen-bond donors (Lipinski definition) is 1. The lowest BCUT2D eigenvalue weighted by Gasteiger charge is -2.41. The SMILES string of the molecule is COCC(C)NC(=O)C1(c2ccc(Br)cc2)CCC1. The quantitative estimate of drug-likeness (QED) is 0.903. The van der Waals surface area contributed by atoms with Crippen molar-refractivity contribution >= 4 is 21.8 Å². The fourth-order valence-electron chi connectivity index (χ4n) is 2.60. The third-order valence-electron chi connectivity index (χ3n) is 3.83. The van der Waals surface area contributed by atoms with Crippen LogP contribution in [0.15, 0.2) is 28.7 Å². The van der Waals surface area contributed by atoms with Gasteiger partial charge in [-0.1, -0.05) is 34.5 Å². The van der Waals surface area contributed by atoms with Crippen LogP contribution in [0, 0.1) is 0 Å². The highest BCUT2D eigenvalue weighted by molar-refractivity contribution is 9.10. The summed E-state index contributed by atoms with van der Waals surface area (Å²) in [6, 6.07) is 8.14. The zero-order valence-corrected chi connectivity index (χ0v) is 13.0. The van der Waals surface area contributed by atoms with Gasteiger partial charge in [-0.3, -0.25) is 4.79 Å². The van der Waals surface area contributed by atoms with Crippen LogP contribution >= 0.6 is 15.9 Å². The molecule has 104 valence electrons. The first-order chi connectivity index (χ1) is 9.08. The van der Waals surface area contributed by atoms with E-state index in [-0.39, 0.29) is 17.4 Å². The lowest BCUT2D eigenvalue weighted by atomic mass is 9.63. The highest BCUT2D eigenvalue weighted by Gasteiger charge is 2.45. The van der Waals surface area contributed by atoms with Gasteiger partial charge in [0.05, 0.1) is 12.0 Å². The zero-order valence-electron chi connectivity index (χ0n) is 11.4. The fraction of sp³-hybridized carbons (Fsp3) is 0.533. The third kappa shape index (κ3) is 3.00. The Morgan fingerprint density at radius 1 is 1.42 bits per heavy atom. The molecule has 0 spiro atoms. The minimum Gasteiger partial charge on any atom is -0.383 e. The maximum atomic E-state index is 12.5. The van der Waals surface area contributed by atoms with Gasteiger partial charge >= 0.3 is 0 Å². The molecule has 1 atom stereocenters. The van der Waals surface area contributed by atoms with Crippen molar-refractivity contribution in [3.05, 3.63) is 34.3 Å². The van der Waals surface area contributed by atoms with E-state index >= 15 is 0 Å². The molecule has 1 amide bonds. The van der Waals surface area contributed by atoms with Crippen molar-refractivity contribution in [1.29, 1.82) is 0 Å². The Hall–Kier alpha value is -0.870. The smallest absolute Gasteiger partial charge is 0.230 e. The lowest BCUT2D eigenvalue weighted by molar-refractivity contribution is -0.130. The normalized spacial score (nSPS) is 18.5. The molecule has 1 saturated carbocycles. The molecule has 0 bridgehead atoms. The van der Waals surface area contributed by atoms with Crippen LogP contribution < -0.4 is 5.32 Å². The maximum Gasteiger partial charge on any atom is 0.230 e. The molecule has 1 aromatic rings. The summed E-state index contributed by atoms with van der Waals surface area (Å²) >= 11 is 3.43. The average Bonchev–Trinajstić information content (AvgIpc) is 2.30. The van der Waals surface area contributed by atoms with Crippen LogP contribution in [-0.4, -0.2) is 25.7 Å². The van der Waals surface area contributed by atoms with E-state index in [1.807, 2.05) is 31.2 Å². The van der Waals surface area contributed by atoms with Crippen LogP contribution in [0.2, 0.25) is 0 Å². The second kappa shape index (κ2) is 6.06. The van der Waals surface area contributed by atoms with E-state index < -0.39 is 0 Å². The van der Waals surface area contributed by atoms with E-state index in [0.29, 0.717) is 6.61 Å². The van der Waals surface area contributed by atoms with Crippen molar-refractivity contribution in [2.45, 2.75) is 37.6 Å². The van der Waals surface area contributed by atoms with Crippen molar-refractivity contribution in [2.24, 2.45) is 0 Å². The summed E-state index contributed by atoms with van der Waals surface area (Å²) in [7, 11) is 1.65. The summed E-state index contributed by atoms with van der Waals surface area (Å²) in [5.41, 5.74) is 0.784. The molecule has 1 unspecified atom stereocenters. The first-order valence-corrected chi connectivity index (χ1v) is 7.44. The predicted octanol–water partition coefficient (Wildman–Crippen LogP) is 3.02. The van der Waals surface area contributed by atoms with Gasteiger partial charge in [-0.2, -0.15) is 0 Å². The molecule has 1 aromatic carbocycles. The molecule has 1 N–H and O–H groups in total. The van der Waals surface area contributed by atoms with E-state index in [1.54, 1.807) is 7.11 Å². The molecule has 0 saturated heterocycles. The number of amides is 1. The van der Waals surface area contributed by atoms with Gasteiger partial charge in [-0.05, 0) is 37.5 Å². The topological polar surface area (TPSA) is 38.3 Å². The van der Waals surface area contributed by atoms with E-state index in [1.165, 1.54) is 0 Å². The van der Waals surface area contributed by atoms with Crippen molar-refractivity contribution in [1.82, 2.24) is 5.32 Å². The molecule has 1 aliphatic carbocycles. The number of nitrogens with one attached hydrogen (secondary N) is 1. The monoisotopic (exact) mass is 325 g/mol. The molecule has 0 aromatic heterocycles. The van der Waals surface area contributed by atoms with Crippen molar-refractivity contribution in [3.63, 3.8) is 0 Å². The average molecular weight is 326 g/mol. The van der Waals surface area contributed by atoms with Crippen LogP contribution in [0.4, 0.5) is 0 Å². The summed E-state index contributed by atoms with van der Waals surface area (Å²) in [5.74, 6) is 0.130. The summed E-state index contributed by atoms with van der Waals surface area (Å²) in [5, 5.41) is 3.06. The van der Waals surface area contributed by atoms with E-state index in [9.17, 15) is 4.79 Å². The first kappa shape index (κ1) is 14.5. The summed E-state index contributed by atoms with van der Waals surface area (Å²) in [6.45, 7) is 2.51. The van der Waals surface area contributed by atoms with Gasteiger partial charge in [0.15, 0.2) is 0 Å². The first-order valence-electron chi connectivity index (χ1n) is 6.64. The minimum absolute atomic E-state index is 0.0467. The van der Waals surface area contributed by atoms with Gasteiger partial charge in [0.25, 0.3) is 0 Å². The van der Waals surface area contributed by atoms with E-state index in [2.05, 4.69) is 21.2 Å². The molecule has 19 heavy (non-hydrogen) atoms. The fourth-order valence-corrected chi connectivity index (χ4v) is 2.86. The second-order valence-electron chi connectivity index (χ2n) is 5.27. The van der Waals surface area contributed by atoms with Gasteiger partial charge in [0, 0.05) is 17.6 Å². The van der Waals surface area contributed by atoms with Gasteiger partial charge in [0.1, 0.15) is 0 Å². The summed E-state index contributed by atoms with van der Waals surface area (Å²) < 4.78 is 6.11. The summed E-state index contributed by atoms with van der Waals surface area (Å²) in [6.07, 6.45) is 2.97. The van der Waals surface area contributed by atoms with E-state index in [0.717, 1.165) is 29.3 Å². The number of ether oxygens (including phenoxy) is 1. The number of hydrogen-bond acceptors (Lipinski definition) is 2. The molecule has 0 radical (unpaired) electrons. The van der Waals surface area contributed by atoms with Crippen LogP contribution in [0.5, 0.6) is 0 Å². The molecule has 1 aliphatic rings.